The molecule has 1 atom stereocenters. The number of benzene rings is 2. The lowest BCUT2D eigenvalue weighted by atomic mass is 10.0. The molecule has 4 N–H and O–H groups in total. The fourth-order valence-electron chi connectivity index (χ4n) is 2.11. The summed E-state index contributed by atoms with van der Waals surface area (Å²) >= 11 is 3.43. The number of nitrogens with one attached hydrogen (secondary N) is 1. The van der Waals surface area contributed by atoms with Gasteiger partial charge in [0.15, 0.2) is 5.84 Å². The van der Waals surface area contributed by atoms with Gasteiger partial charge >= 0.3 is 0 Å². The first kappa shape index (κ1) is 15.5. The molecule has 0 aliphatic rings. The third-order valence-corrected chi connectivity index (χ3v) is 3.90. The molecule has 2 rings (SSSR count). The maximum absolute atomic E-state index is 8.83. The molecule has 21 heavy (non-hydrogen) atoms. The minimum atomic E-state index is 0.128. The SMILES string of the molecule is C[C@H](NCc1ccccc1/C(N)=N/O)c1ccc(Br)cc1. The van der Waals surface area contributed by atoms with Gasteiger partial charge in [-0.3, -0.25) is 0 Å². The van der Waals surface area contributed by atoms with Crippen molar-refractivity contribution >= 4 is 21.8 Å². The second-order valence-electron chi connectivity index (χ2n) is 4.80. The third-order valence-electron chi connectivity index (χ3n) is 3.37. The van der Waals surface area contributed by atoms with Crippen molar-refractivity contribution in [3.05, 3.63) is 69.7 Å². The van der Waals surface area contributed by atoms with Gasteiger partial charge in [0, 0.05) is 22.6 Å². The van der Waals surface area contributed by atoms with Crippen LogP contribution in [0.5, 0.6) is 0 Å². The number of amidine groups is 1. The van der Waals surface area contributed by atoms with Crippen LogP contribution in [-0.4, -0.2) is 11.0 Å². The van der Waals surface area contributed by atoms with Gasteiger partial charge in [0.25, 0.3) is 0 Å². The largest absolute Gasteiger partial charge is 0.409 e. The topological polar surface area (TPSA) is 70.6 Å². The highest BCUT2D eigenvalue weighted by molar-refractivity contribution is 9.10. The second-order valence-corrected chi connectivity index (χ2v) is 5.71. The monoisotopic (exact) mass is 347 g/mol. The van der Waals surface area contributed by atoms with E-state index in [1.165, 1.54) is 5.56 Å². The molecule has 0 amide bonds. The van der Waals surface area contributed by atoms with Crippen LogP contribution in [0.25, 0.3) is 0 Å². The summed E-state index contributed by atoms with van der Waals surface area (Å²) in [5.74, 6) is 0.128. The molecule has 0 aromatic heterocycles. The molecule has 0 heterocycles. The van der Waals surface area contributed by atoms with Crippen LogP contribution in [0.4, 0.5) is 0 Å². The van der Waals surface area contributed by atoms with Crippen LogP contribution in [0, 0.1) is 0 Å². The van der Waals surface area contributed by atoms with E-state index >= 15 is 0 Å². The average molecular weight is 348 g/mol. The van der Waals surface area contributed by atoms with Crippen molar-refractivity contribution in [2.45, 2.75) is 19.5 Å². The Bertz CT molecular complexity index is 626. The minimum Gasteiger partial charge on any atom is -0.409 e. The summed E-state index contributed by atoms with van der Waals surface area (Å²) in [6.07, 6.45) is 0. The zero-order valence-electron chi connectivity index (χ0n) is 11.8. The molecular formula is C16H18BrN3O. The van der Waals surface area contributed by atoms with E-state index in [1.807, 2.05) is 36.4 Å². The summed E-state index contributed by atoms with van der Waals surface area (Å²) in [6, 6.07) is 16.0. The number of rotatable bonds is 5. The smallest absolute Gasteiger partial charge is 0.170 e. The van der Waals surface area contributed by atoms with E-state index < -0.39 is 0 Å². The molecule has 0 saturated heterocycles. The Hall–Kier alpha value is -1.85. The average Bonchev–Trinajstić information content (AvgIpc) is 2.52. The molecule has 0 fully saturated rings. The Morgan fingerprint density at radius 2 is 1.90 bits per heavy atom. The van der Waals surface area contributed by atoms with E-state index in [-0.39, 0.29) is 11.9 Å². The zero-order valence-corrected chi connectivity index (χ0v) is 13.3. The fraction of sp³-hybridized carbons (Fsp3) is 0.188. The highest BCUT2D eigenvalue weighted by atomic mass is 79.9. The third kappa shape index (κ3) is 4.06. The highest BCUT2D eigenvalue weighted by Gasteiger charge is 2.09. The van der Waals surface area contributed by atoms with Crippen LogP contribution < -0.4 is 11.1 Å². The maximum atomic E-state index is 8.83. The van der Waals surface area contributed by atoms with Crippen molar-refractivity contribution in [2.75, 3.05) is 0 Å². The van der Waals surface area contributed by atoms with Gasteiger partial charge in [-0.25, -0.2) is 0 Å². The van der Waals surface area contributed by atoms with Crippen molar-refractivity contribution in [2.24, 2.45) is 10.9 Å². The Kier molecular flexibility index (Phi) is 5.36. The predicted molar refractivity (Wildman–Crippen MR) is 88.3 cm³/mol. The van der Waals surface area contributed by atoms with Crippen LogP contribution in [-0.2, 0) is 6.54 Å². The van der Waals surface area contributed by atoms with Gasteiger partial charge in [-0.2, -0.15) is 0 Å². The van der Waals surface area contributed by atoms with E-state index in [0.717, 1.165) is 15.6 Å². The molecule has 0 saturated carbocycles. The van der Waals surface area contributed by atoms with E-state index in [4.69, 9.17) is 10.9 Å². The lowest BCUT2D eigenvalue weighted by Gasteiger charge is -2.16. The standard InChI is InChI=1S/C16H18BrN3O/c1-11(12-6-8-14(17)9-7-12)19-10-13-4-2-3-5-15(13)16(18)20-21/h2-9,11,19,21H,10H2,1H3,(H2,18,20)/t11-/m0/s1. The predicted octanol–water partition coefficient (Wildman–Crippen LogP) is 3.39. The zero-order chi connectivity index (χ0) is 15.2. The van der Waals surface area contributed by atoms with Crippen molar-refractivity contribution in [3.8, 4) is 0 Å². The summed E-state index contributed by atoms with van der Waals surface area (Å²) in [5.41, 5.74) is 8.65. The van der Waals surface area contributed by atoms with Crippen molar-refractivity contribution < 1.29 is 5.21 Å². The van der Waals surface area contributed by atoms with Gasteiger partial charge in [-0.05, 0) is 30.2 Å². The van der Waals surface area contributed by atoms with Crippen LogP contribution in [0.3, 0.4) is 0 Å². The first-order valence-corrected chi connectivity index (χ1v) is 7.45. The van der Waals surface area contributed by atoms with Crippen LogP contribution in [0.2, 0.25) is 0 Å². The van der Waals surface area contributed by atoms with E-state index in [1.54, 1.807) is 0 Å². The quantitative estimate of drug-likeness (QED) is 0.336. The van der Waals surface area contributed by atoms with Gasteiger partial charge in [-0.1, -0.05) is 57.5 Å². The van der Waals surface area contributed by atoms with E-state index in [0.29, 0.717) is 6.54 Å². The van der Waals surface area contributed by atoms with Crippen molar-refractivity contribution in [1.82, 2.24) is 5.32 Å². The lowest BCUT2D eigenvalue weighted by molar-refractivity contribution is 0.318. The van der Waals surface area contributed by atoms with Crippen LogP contribution in [0.1, 0.15) is 29.7 Å². The summed E-state index contributed by atoms with van der Waals surface area (Å²) in [6.45, 7) is 2.75. The number of nitrogens with two attached hydrogens (primary N) is 1. The molecule has 0 radical (unpaired) electrons. The molecule has 0 aliphatic heterocycles. The van der Waals surface area contributed by atoms with Crippen LogP contribution in [0.15, 0.2) is 58.2 Å². The normalized spacial score (nSPS) is 13.1. The number of hydrogen-bond donors (Lipinski definition) is 3. The fourth-order valence-corrected chi connectivity index (χ4v) is 2.37. The Labute approximate surface area is 132 Å². The molecular weight excluding hydrogens is 330 g/mol. The number of oxime groups is 1. The molecule has 0 unspecified atom stereocenters. The Balaban J connectivity index is 2.08. The number of hydrogen-bond acceptors (Lipinski definition) is 3. The second kappa shape index (κ2) is 7.24. The molecule has 0 spiro atoms. The van der Waals surface area contributed by atoms with Crippen molar-refractivity contribution in [1.29, 1.82) is 0 Å². The summed E-state index contributed by atoms with van der Waals surface area (Å²) in [5, 5.41) is 15.4. The summed E-state index contributed by atoms with van der Waals surface area (Å²) < 4.78 is 1.07. The molecule has 2 aromatic rings. The molecule has 2 aromatic carbocycles. The van der Waals surface area contributed by atoms with Gasteiger partial charge < -0.3 is 16.3 Å². The lowest BCUT2D eigenvalue weighted by Crippen LogP contribution is -2.22. The van der Waals surface area contributed by atoms with Crippen LogP contribution >= 0.6 is 15.9 Å². The van der Waals surface area contributed by atoms with Gasteiger partial charge in [0.05, 0.1) is 0 Å². The molecule has 0 aliphatic carbocycles. The number of nitrogens with zero attached hydrogens (tertiary/aromatic N) is 1. The van der Waals surface area contributed by atoms with Gasteiger partial charge in [0.1, 0.15) is 0 Å². The first-order chi connectivity index (χ1) is 10.1. The van der Waals surface area contributed by atoms with E-state index in [9.17, 15) is 0 Å². The Morgan fingerprint density at radius 3 is 2.57 bits per heavy atom. The highest BCUT2D eigenvalue weighted by Crippen LogP contribution is 2.17. The van der Waals surface area contributed by atoms with Gasteiger partial charge in [0.2, 0.25) is 0 Å². The van der Waals surface area contributed by atoms with Gasteiger partial charge in [-0.15, -0.1) is 0 Å². The first-order valence-electron chi connectivity index (χ1n) is 6.66. The molecule has 5 heteroatoms. The molecule has 0 bridgehead atoms. The molecule has 4 nitrogen and oxygen atoms in total. The number of halogens is 1. The Morgan fingerprint density at radius 1 is 1.24 bits per heavy atom. The summed E-state index contributed by atoms with van der Waals surface area (Å²) in [7, 11) is 0. The van der Waals surface area contributed by atoms with E-state index in [2.05, 4.69) is 45.5 Å². The molecule has 110 valence electrons. The minimum absolute atomic E-state index is 0.128. The maximum Gasteiger partial charge on any atom is 0.170 e. The van der Waals surface area contributed by atoms with Crippen molar-refractivity contribution in [3.63, 3.8) is 0 Å². The summed E-state index contributed by atoms with van der Waals surface area (Å²) in [4.78, 5) is 0.